The van der Waals surface area contributed by atoms with Gasteiger partial charge in [0.2, 0.25) is 0 Å². The summed E-state index contributed by atoms with van der Waals surface area (Å²) >= 11 is 0. The number of nitrogens with zero attached hydrogens (tertiary/aromatic N) is 2. The van der Waals surface area contributed by atoms with Crippen LogP contribution >= 0.6 is 0 Å². The van der Waals surface area contributed by atoms with Crippen LogP contribution in [0.1, 0.15) is 64.6 Å². The van der Waals surface area contributed by atoms with Gasteiger partial charge in [-0.25, -0.2) is 0 Å². The summed E-state index contributed by atoms with van der Waals surface area (Å²) in [4.78, 5) is 8.81. The van der Waals surface area contributed by atoms with Crippen molar-refractivity contribution < 1.29 is 40.5 Å². The number of aryl methyl sites for hydroxylation is 4. The van der Waals surface area contributed by atoms with Crippen LogP contribution in [0.25, 0.3) is 0 Å². The molecule has 1 radical (unpaired) electrons. The fraction of sp³-hybridized carbons (Fsp3) is 0.257. The molecule has 0 heterocycles. The van der Waals surface area contributed by atoms with Crippen molar-refractivity contribution in [1.29, 1.82) is 0 Å². The molecule has 0 aliphatic carbocycles. The third kappa shape index (κ3) is 9.84. The summed E-state index contributed by atoms with van der Waals surface area (Å²) in [5.74, 6) is 0.312. The molecule has 43 heavy (non-hydrogen) atoms. The first kappa shape index (κ1) is 33.6. The van der Waals surface area contributed by atoms with E-state index in [1.165, 1.54) is 23.9 Å². The molecule has 0 amide bonds. The smallest absolute Gasteiger partial charge is 0.416 e. The van der Waals surface area contributed by atoms with Gasteiger partial charge in [-0.2, -0.15) is 13.2 Å². The minimum Gasteiger partial charge on any atom is -0.505 e. The second kappa shape index (κ2) is 15.6. The Morgan fingerprint density at radius 3 is 1.77 bits per heavy atom. The molecule has 4 nitrogen and oxygen atoms in total. The van der Waals surface area contributed by atoms with Crippen LogP contribution in [0, 0.1) is 13.8 Å². The molecule has 8 heteroatoms. The van der Waals surface area contributed by atoms with Crippen LogP contribution in [0.3, 0.4) is 0 Å². The van der Waals surface area contributed by atoms with Crippen LogP contribution in [-0.4, -0.2) is 22.6 Å². The predicted octanol–water partition coefficient (Wildman–Crippen LogP) is 9.58. The Kier molecular flexibility index (Phi) is 12.2. The molecule has 0 atom stereocenters. The standard InChI is InChI=1S/C35H35F3N2O2.Cu/c1-24-12-14-26(15-13-24)23-40-32-21-25(2)20-29(34(32)42)9-6-4-3-5-8-28-10-7-11-31(33(28)41)39-22-27-16-18-30(19-17-27)35(36,37)38;/h7,10-23,41-42H,3-6,8-9H2,1-2H3;. The molecule has 4 aromatic carbocycles. The van der Waals surface area contributed by atoms with Gasteiger partial charge in [0.25, 0.3) is 0 Å². The maximum atomic E-state index is 12.8. The van der Waals surface area contributed by atoms with Gasteiger partial charge in [-0.3, -0.25) is 9.98 Å². The van der Waals surface area contributed by atoms with Crippen molar-refractivity contribution in [1.82, 2.24) is 0 Å². The van der Waals surface area contributed by atoms with Gasteiger partial charge in [0.15, 0.2) is 0 Å². The van der Waals surface area contributed by atoms with Crippen LogP contribution in [0.2, 0.25) is 0 Å². The van der Waals surface area contributed by atoms with E-state index >= 15 is 0 Å². The maximum Gasteiger partial charge on any atom is 0.416 e. The van der Waals surface area contributed by atoms with Gasteiger partial charge in [0, 0.05) is 29.5 Å². The minimum absolute atomic E-state index is 0. The van der Waals surface area contributed by atoms with E-state index in [4.69, 9.17) is 0 Å². The number of alkyl halides is 3. The van der Waals surface area contributed by atoms with E-state index in [0.717, 1.165) is 66.5 Å². The second-order valence-electron chi connectivity index (χ2n) is 10.5. The minimum atomic E-state index is -4.38. The van der Waals surface area contributed by atoms with Gasteiger partial charge in [-0.15, -0.1) is 0 Å². The summed E-state index contributed by atoms with van der Waals surface area (Å²) in [6.07, 6.45) is 3.99. The SMILES string of the molecule is Cc1ccc(C=Nc2cc(C)cc(CCCCCCc3cccc(N=Cc4ccc(C(F)(F)F)cc4)c3O)c2O)cc1.[Cu]. The molecule has 0 bridgehead atoms. The van der Waals surface area contributed by atoms with E-state index in [0.29, 0.717) is 23.4 Å². The average molecular weight is 636 g/mol. The number of benzene rings is 4. The molecular weight excluding hydrogens is 601 g/mol. The average Bonchev–Trinajstić information content (AvgIpc) is 2.96. The predicted molar refractivity (Wildman–Crippen MR) is 164 cm³/mol. The van der Waals surface area contributed by atoms with E-state index in [2.05, 4.69) is 9.98 Å². The topological polar surface area (TPSA) is 65.2 Å². The van der Waals surface area contributed by atoms with E-state index in [-0.39, 0.29) is 28.6 Å². The fourth-order valence-electron chi connectivity index (χ4n) is 4.69. The van der Waals surface area contributed by atoms with Crippen molar-refractivity contribution in [3.63, 3.8) is 0 Å². The number of unbranched alkanes of at least 4 members (excludes halogenated alkanes) is 3. The molecule has 0 aromatic heterocycles. The number of para-hydroxylation sites is 1. The molecule has 0 spiro atoms. The molecule has 0 saturated heterocycles. The van der Waals surface area contributed by atoms with Gasteiger partial charge >= 0.3 is 6.18 Å². The maximum absolute atomic E-state index is 12.8. The summed E-state index contributed by atoms with van der Waals surface area (Å²) in [6, 6.07) is 22.0. The Bertz CT molecular complexity index is 1550. The molecule has 4 rings (SSSR count). The number of phenols is 2. The van der Waals surface area contributed by atoms with E-state index < -0.39 is 11.7 Å². The first-order valence-electron chi connectivity index (χ1n) is 14.1. The number of aliphatic imine (C=N–C) groups is 2. The molecule has 0 aliphatic rings. The van der Waals surface area contributed by atoms with E-state index in [9.17, 15) is 23.4 Å². The normalized spacial score (nSPS) is 11.7. The molecule has 2 N–H and O–H groups in total. The number of aromatic hydroxyl groups is 2. The fourth-order valence-corrected chi connectivity index (χ4v) is 4.69. The summed E-state index contributed by atoms with van der Waals surface area (Å²) in [7, 11) is 0. The van der Waals surface area contributed by atoms with Gasteiger partial charge in [-0.1, -0.05) is 73.0 Å². The molecule has 0 saturated carbocycles. The number of rotatable bonds is 11. The van der Waals surface area contributed by atoms with Crippen molar-refractivity contribution in [3.8, 4) is 11.5 Å². The summed E-state index contributed by atoms with van der Waals surface area (Å²) in [6.45, 7) is 4.04. The zero-order valence-electron chi connectivity index (χ0n) is 24.1. The number of hydrogen-bond donors (Lipinski definition) is 2. The second-order valence-corrected chi connectivity index (χ2v) is 10.5. The van der Waals surface area contributed by atoms with Crippen LogP contribution in [0.4, 0.5) is 24.5 Å². The van der Waals surface area contributed by atoms with E-state index in [1.807, 2.05) is 62.4 Å². The quantitative estimate of drug-likeness (QED) is 0.0979. The van der Waals surface area contributed by atoms with Crippen molar-refractivity contribution >= 4 is 23.8 Å². The molecule has 229 valence electrons. The molecular formula is C35H35CuF3N2O2. The number of hydrogen-bond acceptors (Lipinski definition) is 4. The van der Waals surface area contributed by atoms with Crippen molar-refractivity contribution in [2.45, 2.75) is 58.5 Å². The third-order valence-electron chi connectivity index (χ3n) is 7.07. The number of halogens is 3. The van der Waals surface area contributed by atoms with Gasteiger partial charge in [-0.05, 0) is 91.6 Å². The zero-order valence-corrected chi connectivity index (χ0v) is 25.1. The first-order chi connectivity index (χ1) is 20.1. The Balaban J connectivity index is 0.00000506. The number of phenolic OH excluding ortho intramolecular Hbond substituents is 2. The Morgan fingerprint density at radius 2 is 1.16 bits per heavy atom. The van der Waals surface area contributed by atoms with Crippen LogP contribution in [0.5, 0.6) is 11.5 Å². The first-order valence-corrected chi connectivity index (χ1v) is 14.1. The van der Waals surface area contributed by atoms with Gasteiger partial charge in [0.05, 0.1) is 5.56 Å². The Morgan fingerprint density at radius 1 is 0.628 bits per heavy atom. The van der Waals surface area contributed by atoms with Crippen LogP contribution in [-0.2, 0) is 36.1 Å². The van der Waals surface area contributed by atoms with Gasteiger partial charge < -0.3 is 10.2 Å². The van der Waals surface area contributed by atoms with Crippen molar-refractivity contribution in [2.24, 2.45) is 9.98 Å². The third-order valence-corrected chi connectivity index (χ3v) is 7.07. The summed E-state index contributed by atoms with van der Waals surface area (Å²) in [5, 5.41) is 21.5. The van der Waals surface area contributed by atoms with Crippen LogP contribution < -0.4 is 0 Å². The molecule has 0 fully saturated rings. The largest absolute Gasteiger partial charge is 0.505 e. The molecule has 4 aromatic rings. The summed E-state index contributed by atoms with van der Waals surface area (Å²) < 4.78 is 38.3. The molecule has 0 unspecified atom stereocenters. The Hall–Kier alpha value is -3.87. The van der Waals surface area contributed by atoms with E-state index in [1.54, 1.807) is 12.3 Å². The zero-order chi connectivity index (χ0) is 30.1. The van der Waals surface area contributed by atoms with Crippen molar-refractivity contribution in [2.75, 3.05) is 0 Å². The monoisotopic (exact) mass is 635 g/mol. The summed E-state index contributed by atoms with van der Waals surface area (Å²) in [5.41, 5.74) is 5.63. The van der Waals surface area contributed by atoms with Crippen LogP contribution in [0.15, 0.2) is 88.8 Å². The van der Waals surface area contributed by atoms with Crippen molar-refractivity contribution in [3.05, 3.63) is 118 Å². The molecule has 0 aliphatic heterocycles. The Labute approximate surface area is 261 Å². The van der Waals surface area contributed by atoms with Gasteiger partial charge in [0.1, 0.15) is 22.9 Å².